The van der Waals surface area contributed by atoms with E-state index in [1.807, 2.05) is 13.8 Å². The van der Waals surface area contributed by atoms with E-state index in [0.717, 1.165) is 12.8 Å². The van der Waals surface area contributed by atoms with Crippen LogP contribution in [0.5, 0.6) is 0 Å². The van der Waals surface area contributed by atoms with Gasteiger partial charge in [-0.05, 0) is 19.8 Å². The molecule has 3 N–H and O–H groups in total. The summed E-state index contributed by atoms with van der Waals surface area (Å²) in [6.07, 6.45) is 1.63. The number of rotatable bonds is 3. The summed E-state index contributed by atoms with van der Waals surface area (Å²) < 4.78 is 0. The summed E-state index contributed by atoms with van der Waals surface area (Å²) in [5, 5.41) is 3.00. The number of likely N-dealkylation sites (tertiary alicyclic amines) is 1. The minimum absolute atomic E-state index is 0.00126. The van der Waals surface area contributed by atoms with Gasteiger partial charge < -0.3 is 16.0 Å². The lowest BCUT2D eigenvalue weighted by Gasteiger charge is -2.33. The van der Waals surface area contributed by atoms with Gasteiger partial charge in [-0.1, -0.05) is 13.8 Å². The van der Waals surface area contributed by atoms with Crippen molar-refractivity contribution in [3.05, 3.63) is 0 Å². The van der Waals surface area contributed by atoms with E-state index < -0.39 is 6.04 Å². The van der Waals surface area contributed by atoms with Gasteiger partial charge >= 0.3 is 0 Å². The molecule has 1 fully saturated rings. The number of hydrogen-bond acceptors (Lipinski definition) is 3. The molecule has 1 rings (SSSR count). The SMILES string of the molecule is CC(C)C(=O)NC1CCN(C(=O)C(C)N)CC1. The maximum Gasteiger partial charge on any atom is 0.239 e. The fraction of sp³-hybridized carbons (Fsp3) is 0.833. The number of nitrogens with one attached hydrogen (secondary N) is 1. The van der Waals surface area contributed by atoms with Crippen molar-refractivity contribution in [2.45, 2.75) is 45.7 Å². The maximum atomic E-state index is 11.6. The molecule has 17 heavy (non-hydrogen) atoms. The molecule has 1 saturated heterocycles. The van der Waals surface area contributed by atoms with Gasteiger partial charge in [0.25, 0.3) is 0 Å². The van der Waals surface area contributed by atoms with Gasteiger partial charge in [0, 0.05) is 25.0 Å². The molecule has 0 bridgehead atoms. The first-order chi connectivity index (χ1) is 7.91. The second-order valence-corrected chi connectivity index (χ2v) is 5.05. The lowest BCUT2D eigenvalue weighted by molar-refractivity contribution is -0.133. The molecule has 0 radical (unpaired) electrons. The summed E-state index contributed by atoms with van der Waals surface area (Å²) in [6, 6.07) is -0.237. The average molecular weight is 241 g/mol. The lowest BCUT2D eigenvalue weighted by Crippen LogP contribution is -2.50. The Kier molecular flexibility index (Phi) is 4.93. The zero-order chi connectivity index (χ0) is 13.0. The van der Waals surface area contributed by atoms with Gasteiger partial charge in [-0.2, -0.15) is 0 Å². The predicted molar refractivity (Wildman–Crippen MR) is 66.2 cm³/mol. The van der Waals surface area contributed by atoms with E-state index in [4.69, 9.17) is 5.73 Å². The lowest BCUT2D eigenvalue weighted by atomic mass is 10.0. The fourth-order valence-corrected chi connectivity index (χ4v) is 1.90. The molecule has 0 aromatic heterocycles. The molecular weight excluding hydrogens is 218 g/mol. The minimum Gasteiger partial charge on any atom is -0.353 e. The Labute approximate surface area is 103 Å². The molecule has 5 nitrogen and oxygen atoms in total. The summed E-state index contributed by atoms with van der Waals surface area (Å²) >= 11 is 0. The van der Waals surface area contributed by atoms with E-state index in [9.17, 15) is 9.59 Å². The summed E-state index contributed by atoms with van der Waals surface area (Å²) in [4.78, 5) is 25.0. The van der Waals surface area contributed by atoms with Gasteiger partial charge in [0.05, 0.1) is 6.04 Å². The van der Waals surface area contributed by atoms with Crippen LogP contribution < -0.4 is 11.1 Å². The Balaban J connectivity index is 2.36. The standard InChI is InChI=1S/C12H23N3O2/c1-8(2)11(16)14-10-4-6-15(7-5-10)12(17)9(3)13/h8-10H,4-7,13H2,1-3H3,(H,14,16). The zero-order valence-electron chi connectivity index (χ0n) is 10.9. The number of piperidine rings is 1. The predicted octanol–water partition coefficient (Wildman–Crippen LogP) is 0.0968. The summed E-state index contributed by atoms with van der Waals surface area (Å²) in [6.45, 7) is 6.83. The second-order valence-electron chi connectivity index (χ2n) is 5.05. The van der Waals surface area contributed by atoms with Gasteiger partial charge in [0.1, 0.15) is 0 Å². The molecular formula is C12H23N3O2. The van der Waals surface area contributed by atoms with Crippen LogP contribution in [0.1, 0.15) is 33.6 Å². The highest BCUT2D eigenvalue weighted by molar-refractivity contribution is 5.81. The van der Waals surface area contributed by atoms with Crippen LogP contribution in [0.25, 0.3) is 0 Å². The molecule has 0 aromatic rings. The molecule has 1 unspecified atom stereocenters. The Morgan fingerprint density at radius 3 is 2.18 bits per heavy atom. The Bertz CT molecular complexity index is 281. The van der Waals surface area contributed by atoms with Crippen LogP contribution in [-0.4, -0.2) is 41.9 Å². The van der Waals surface area contributed by atoms with E-state index >= 15 is 0 Å². The van der Waals surface area contributed by atoms with Gasteiger partial charge in [0.15, 0.2) is 0 Å². The number of hydrogen-bond donors (Lipinski definition) is 2. The van der Waals surface area contributed by atoms with Gasteiger partial charge in [-0.3, -0.25) is 9.59 Å². The molecule has 1 aliphatic heterocycles. The van der Waals surface area contributed by atoms with E-state index in [1.165, 1.54) is 0 Å². The van der Waals surface area contributed by atoms with Crippen LogP contribution in [0.2, 0.25) is 0 Å². The molecule has 0 aromatic carbocycles. The van der Waals surface area contributed by atoms with Crippen LogP contribution in [0.3, 0.4) is 0 Å². The molecule has 0 spiro atoms. The number of carbonyl (C=O) groups excluding carboxylic acids is 2. The van der Waals surface area contributed by atoms with Gasteiger partial charge in [-0.15, -0.1) is 0 Å². The molecule has 5 heteroatoms. The third-order valence-electron chi connectivity index (χ3n) is 3.07. The van der Waals surface area contributed by atoms with Crippen molar-refractivity contribution in [2.75, 3.05) is 13.1 Å². The van der Waals surface area contributed by atoms with E-state index in [0.29, 0.717) is 13.1 Å². The molecule has 1 aliphatic rings. The van der Waals surface area contributed by atoms with Crippen molar-refractivity contribution in [3.8, 4) is 0 Å². The summed E-state index contributed by atoms with van der Waals surface area (Å²) in [7, 11) is 0. The Morgan fingerprint density at radius 2 is 1.76 bits per heavy atom. The van der Waals surface area contributed by atoms with Gasteiger partial charge in [0.2, 0.25) is 11.8 Å². The maximum absolute atomic E-state index is 11.6. The first kappa shape index (κ1) is 14.0. The highest BCUT2D eigenvalue weighted by Crippen LogP contribution is 2.11. The molecule has 0 saturated carbocycles. The summed E-state index contributed by atoms with van der Waals surface area (Å²) in [5.74, 6) is 0.0966. The Hall–Kier alpha value is -1.10. The summed E-state index contributed by atoms with van der Waals surface area (Å²) in [5.41, 5.74) is 5.56. The highest BCUT2D eigenvalue weighted by Gasteiger charge is 2.25. The van der Waals surface area contributed by atoms with E-state index in [2.05, 4.69) is 5.32 Å². The number of amides is 2. The first-order valence-corrected chi connectivity index (χ1v) is 6.26. The highest BCUT2D eigenvalue weighted by atomic mass is 16.2. The first-order valence-electron chi connectivity index (χ1n) is 6.26. The van der Waals surface area contributed by atoms with Crippen LogP contribution in [0.4, 0.5) is 0 Å². The van der Waals surface area contributed by atoms with E-state index in [-0.39, 0.29) is 23.8 Å². The van der Waals surface area contributed by atoms with Crippen molar-refractivity contribution in [1.82, 2.24) is 10.2 Å². The minimum atomic E-state index is -0.434. The van der Waals surface area contributed by atoms with Crippen LogP contribution in [0.15, 0.2) is 0 Å². The number of nitrogens with two attached hydrogens (primary N) is 1. The zero-order valence-corrected chi connectivity index (χ0v) is 10.9. The smallest absolute Gasteiger partial charge is 0.239 e. The topological polar surface area (TPSA) is 75.4 Å². The van der Waals surface area contributed by atoms with Crippen molar-refractivity contribution in [3.63, 3.8) is 0 Å². The normalized spacial score (nSPS) is 19.2. The monoisotopic (exact) mass is 241 g/mol. The molecule has 2 amide bonds. The third-order valence-corrected chi connectivity index (χ3v) is 3.07. The second kappa shape index (κ2) is 6.00. The van der Waals surface area contributed by atoms with Crippen molar-refractivity contribution in [1.29, 1.82) is 0 Å². The molecule has 1 atom stereocenters. The van der Waals surface area contributed by atoms with Gasteiger partial charge in [-0.25, -0.2) is 0 Å². The molecule has 98 valence electrons. The quantitative estimate of drug-likeness (QED) is 0.735. The van der Waals surface area contributed by atoms with Crippen molar-refractivity contribution >= 4 is 11.8 Å². The average Bonchev–Trinajstić information content (AvgIpc) is 2.28. The van der Waals surface area contributed by atoms with Crippen LogP contribution in [-0.2, 0) is 9.59 Å². The van der Waals surface area contributed by atoms with Crippen molar-refractivity contribution in [2.24, 2.45) is 11.7 Å². The number of nitrogens with zero attached hydrogens (tertiary/aromatic N) is 1. The molecule has 0 aliphatic carbocycles. The third kappa shape index (κ3) is 4.00. The fourth-order valence-electron chi connectivity index (χ4n) is 1.90. The van der Waals surface area contributed by atoms with Crippen LogP contribution >= 0.6 is 0 Å². The number of carbonyl (C=O) groups is 2. The van der Waals surface area contributed by atoms with E-state index in [1.54, 1.807) is 11.8 Å². The van der Waals surface area contributed by atoms with Crippen LogP contribution in [0, 0.1) is 5.92 Å². The largest absolute Gasteiger partial charge is 0.353 e. The molecule has 1 heterocycles. The van der Waals surface area contributed by atoms with Crippen molar-refractivity contribution < 1.29 is 9.59 Å². The Morgan fingerprint density at radius 1 is 1.24 bits per heavy atom.